The van der Waals surface area contributed by atoms with Gasteiger partial charge < -0.3 is 15.4 Å². The Hall–Kier alpha value is -2.86. The number of nitrogens with one attached hydrogen (secondary N) is 1. The van der Waals surface area contributed by atoms with Gasteiger partial charge in [-0.15, -0.1) is 12.4 Å². The number of hydrogen-bond acceptors (Lipinski definition) is 4. The number of likely N-dealkylation sites (tertiary alicyclic amines) is 1. The van der Waals surface area contributed by atoms with Crippen molar-refractivity contribution in [2.75, 3.05) is 20.2 Å². The molecule has 1 aliphatic heterocycles. The Bertz CT molecular complexity index is 858. The molecule has 0 atom stereocenters. The molecule has 0 aromatic heterocycles. The Kier molecular flexibility index (Phi) is 7.79. The Morgan fingerprint density at radius 2 is 1.55 bits per heavy atom. The van der Waals surface area contributed by atoms with Crippen LogP contribution in [0.5, 0.6) is 0 Å². The van der Waals surface area contributed by atoms with E-state index in [1.807, 2.05) is 53.4 Å². The van der Waals surface area contributed by atoms with Crippen LogP contribution < -0.4 is 5.73 Å². The monoisotopic (exact) mass is 415 g/mol. The molecule has 1 heterocycles. The number of hydrogen-bond donors (Lipinski definition) is 2. The first-order valence-corrected chi connectivity index (χ1v) is 9.37. The van der Waals surface area contributed by atoms with E-state index in [2.05, 4.69) is 0 Å². The molecular weight excluding hydrogens is 390 g/mol. The fourth-order valence-electron chi connectivity index (χ4n) is 3.47. The van der Waals surface area contributed by atoms with Crippen LogP contribution in [-0.4, -0.2) is 42.8 Å². The lowest BCUT2D eigenvalue weighted by Gasteiger charge is -2.30. The molecule has 0 spiro atoms. The third kappa shape index (κ3) is 5.57. The molecule has 1 aliphatic rings. The van der Waals surface area contributed by atoms with E-state index >= 15 is 0 Å². The van der Waals surface area contributed by atoms with E-state index in [4.69, 9.17) is 15.9 Å². The predicted octanol–water partition coefficient (Wildman–Crippen LogP) is 3.01. The number of benzene rings is 2. The van der Waals surface area contributed by atoms with Gasteiger partial charge in [0.05, 0.1) is 19.4 Å². The Labute approximate surface area is 177 Å². The van der Waals surface area contributed by atoms with E-state index in [9.17, 15) is 9.59 Å². The van der Waals surface area contributed by atoms with Crippen LogP contribution in [0.4, 0.5) is 0 Å². The highest BCUT2D eigenvalue weighted by atomic mass is 35.5. The molecular formula is C22H26ClN3O3. The highest BCUT2D eigenvalue weighted by Gasteiger charge is 2.27. The summed E-state index contributed by atoms with van der Waals surface area (Å²) in [5, 5.41) is 7.45. The smallest absolute Gasteiger partial charge is 0.308 e. The number of nitrogens with two attached hydrogens (primary N) is 1. The number of amides is 1. The summed E-state index contributed by atoms with van der Waals surface area (Å²) >= 11 is 0. The maximum Gasteiger partial charge on any atom is 0.308 e. The lowest BCUT2D eigenvalue weighted by atomic mass is 9.96. The van der Waals surface area contributed by atoms with Gasteiger partial charge in [0, 0.05) is 18.7 Å². The lowest BCUT2D eigenvalue weighted by Crippen LogP contribution is -2.41. The van der Waals surface area contributed by atoms with Gasteiger partial charge >= 0.3 is 5.97 Å². The largest absolute Gasteiger partial charge is 0.469 e. The second-order valence-electron chi connectivity index (χ2n) is 7.04. The highest BCUT2D eigenvalue weighted by molar-refractivity contribution is 5.95. The van der Waals surface area contributed by atoms with Crippen molar-refractivity contribution in [1.82, 2.24) is 4.90 Å². The van der Waals surface area contributed by atoms with Crippen molar-refractivity contribution in [3.05, 3.63) is 59.7 Å². The minimum absolute atomic E-state index is 0. The number of methoxy groups -OCH3 is 1. The van der Waals surface area contributed by atoms with Crippen LogP contribution in [0.25, 0.3) is 11.1 Å². The third-order valence-electron chi connectivity index (χ3n) is 5.22. The SMILES string of the molecule is COC(=O)C1CCN(C(=O)Cc2ccc(-c3ccc(C(=N)N)cc3)cc2)CC1.Cl. The summed E-state index contributed by atoms with van der Waals surface area (Å²) in [4.78, 5) is 26.0. The quantitative estimate of drug-likeness (QED) is 0.445. The molecule has 0 saturated carbocycles. The molecule has 2 aromatic carbocycles. The topological polar surface area (TPSA) is 96.5 Å². The summed E-state index contributed by atoms with van der Waals surface area (Å²) in [6.07, 6.45) is 1.67. The van der Waals surface area contributed by atoms with Crippen LogP contribution in [0.2, 0.25) is 0 Å². The number of nitrogen functional groups attached to an aromatic ring is 1. The molecule has 1 fully saturated rings. The van der Waals surface area contributed by atoms with Gasteiger partial charge in [-0.3, -0.25) is 15.0 Å². The molecule has 6 nitrogen and oxygen atoms in total. The molecule has 0 unspecified atom stereocenters. The van der Waals surface area contributed by atoms with Gasteiger partial charge in [0.1, 0.15) is 5.84 Å². The standard InChI is InChI=1S/C22H25N3O3.ClH/c1-28-22(27)19-10-12-25(13-11-19)20(26)14-15-2-4-16(5-3-15)17-6-8-18(9-7-17)21(23)24;/h2-9,19H,10-14H2,1H3,(H3,23,24);1H. The summed E-state index contributed by atoms with van der Waals surface area (Å²) in [7, 11) is 1.40. The van der Waals surface area contributed by atoms with E-state index < -0.39 is 0 Å². The summed E-state index contributed by atoms with van der Waals surface area (Å²) in [5.41, 5.74) is 9.22. The number of carbonyl (C=O) groups excluding carboxylic acids is 2. The average molecular weight is 416 g/mol. The zero-order valence-corrected chi connectivity index (χ0v) is 17.2. The fraction of sp³-hybridized carbons (Fsp3) is 0.318. The first-order chi connectivity index (χ1) is 13.5. The number of nitrogens with zero attached hydrogens (tertiary/aromatic N) is 1. The van der Waals surface area contributed by atoms with Crippen LogP contribution >= 0.6 is 12.4 Å². The van der Waals surface area contributed by atoms with E-state index in [1.165, 1.54) is 7.11 Å². The summed E-state index contributed by atoms with van der Waals surface area (Å²) in [6.45, 7) is 1.19. The second kappa shape index (κ2) is 10.1. The van der Waals surface area contributed by atoms with Gasteiger partial charge in [-0.2, -0.15) is 0 Å². The highest BCUT2D eigenvalue weighted by Crippen LogP contribution is 2.22. The molecule has 3 N–H and O–H groups in total. The Balaban J connectivity index is 0.00000300. The molecule has 0 radical (unpaired) electrons. The number of halogens is 1. The van der Waals surface area contributed by atoms with Crippen LogP contribution in [0.3, 0.4) is 0 Å². The number of amidine groups is 1. The minimum atomic E-state index is -0.181. The molecule has 7 heteroatoms. The Morgan fingerprint density at radius 3 is 2.03 bits per heavy atom. The van der Waals surface area contributed by atoms with Crippen molar-refractivity contribution < 1.29 is 14.3 Å². The molecule has 1 saturated heterocycles. The van der Waals surface area contributed by atoms with Gasteiger partial charge in [0.25, 0.3) is 0 Å². The average Bonchev–Trinajstić information content (AvgIpc) is 2.74. The fourth-order valence-corrected chi connectivity index (χ4v) is 3.47. The zero-order valence-electron chi connectivity index (χ0n) is 16.4. The van der Waals surface area contributed by atoms with Gasteiger partial charge in [-0.25, -0.2) is 0 Å². The normalized spacial score (nSPS) is 14.0. The molecule has 29 heavy (non-hydrogen) atoms. The summed E-state index contributed by atoms with van der Waals surface area (Å²) in [6, 6.07) is 15.4. The van der Waals surface area contributed by atoms with Crippen molar-refractivity contribution >= 4 is 30.1 Å². The van der Waals surface area contributed by atoms with Gasteiger partial charge in [-0.1, -0.05) is 48.5 Å². The van der Waals surface area contributed by atoms with E-state index in [-0.39, 0.29) is 36.0 Å². The zero-order chi connectivity index (χ0) is 20.1. The van der Waals surface area contributed by atoms with Gasteiger partial charge in [0.2, 0.25) is 5.91 Å². The van der Waals surface area contributed by atoms with Crippen LogP contribution in [0.1, 0.15) is 24.0 Å². The van der Waals surface area contributed by atoms with Crippen molar-refractivity contribution in [1.29, 1.82) is 5.41 Å². The minimum Gasteiger partial charge on any atom is -0.469 e. The number of ether oxygens (including phenoxy) is 1. The summed E-state index contributed by atoms with van der Waals surface area (Å²) < 4.78 is 4.79. The Morgan fingerprint density at radius 1 is 1.03 bits per heavy atom. The first kappa shape index (κ1) is 22.4. The van der Waals surface area contributed by atoms with Crippen LogP contribution in [0.15, 0.2) is 48.5 Å². The molecule has 0 aliphatic carbocycles. The van der Waals surface area contributed by atoms with Gasteiger partial charge in [0.15, 0.2) is 0 Å². The molecule has 154 valence electrons. The van der Waals surface area contributed by atoms with Crippen molar-refractivity contribution in [2.24, 2.45) is 11.7 Å². The number of carbonyl (C=O) groups is 2. The molecule has 1 amide bonds. The lowest BCUT2D eigenvalue weighted by molar-refractivity contribution is -0.148. The number of rotatable bonds is 5. The van der Waals surface area contributed by atoms with E-state index in [0.29, 0.717) is 37.9 Å². The first-order valence-electron chi connectivity index (χ1n) is 9.37. The number of piperidine rings is 1. The molecule has 0 bridgehead atoms. The van der Waals surface area contributed by atoms with Crippen LogP contribution in [-0.2, 0) is 20.7 Å². The van der Waals surface area contributed by atoms with Gasteiger partial charge in [-0.05, 0) is 29.5 Å². The van der Waals surface area contributed by atoms with E-state index in [1.54, 1.807) is 0 Å². The molecule has 3 rings (SSSR count). The number of esters is 1. The summed E-state index contributed by atoms with van der Waals surface area (Å²) in [5.74, 6) is -0.139. The maximum absolute atomic E-state index is 12.5. The van der Waals surface area contributed by atoms with E-state index in [0.717, 1.165) is 16.7 Å². The van der Waals surface area contributed by atoms with Crippen molar-refractivity contribution in [2.45, 2.75) is 19.3 Å². The predicted molar refractivity (Wildman–Crippen MR) is 115 cm³/mol. The molecule has 2 aromatic rings. The second-order valence-corrected chi connectivity index (χ2v) is 7.04. The van der Waals surface area contributed by atoms with Crippen molar-refractivity contribution in [3.63, 3.8) is 0 Å². The van der Waals surface area contributed by atoms with Crippen molar-refractivity contribution in [3.8, 4) is 11.1 Å². The third-order valence-corrected chi connectivity index (χ3v) is 5.22. The van der Waals surface area contributed by atoms with Crippen LogP contribution in [0, 0.1) is 11.3 Å². The maximum atomic E-state index is 12.5.